The highest BCUT2D eigenvalue weighted by atomic mass is 16.5. The van der Waals surface area contributed by atoms with Crippen LogP contribution in [-0.4, -0.2) is 26.9 Å². The van der Waals surface area contributed by atoms with E-state index in [2.05, 4.69) is 6.92 Å². The molecule has 0 saturated heterocycles. The predicted molar refractivity (Wildman–Crippen MR) is 48.9 cm³/mol. The molecule has 0 saturated carbocycles. The molecule has 0 aliphatic heterocycles. The van der Waals surface area contributed by atoms with Gasteiger partial charge in [0.1, 0.15) is 0 Å². The second-order valence-electron chi connectivity index (χ2n) is 2.63. The second kappa shape index (κ2) is 12.6. The monoisotopic (exact) mass is 162 g/mol. The molecule has 0 aromatic carbocycles. The summed E-state index contributed by atoms with van der Waals surface area (Å²) in [6.07, 6.45) is 2.81. The maximum absolute atomic E-state index is 4.78. The molecular formula is C9H22O2. The number of ether oxygens (including phenoxy) is 2. The maximum atomic E-state index is 4.78. The van der Waals surface area contributed by atoms with Gasteiger partial charge in [-0.2, -0.15) is 0 Å². The van der Waals surface area contributed by atoms with E-state index in [1.807, 2.05) is 13.8 Å². The van der Waals surface area contributed by atoms with Crippen LogP contribution in [0, 0.1) is 0 Å². The fraction of sp³-hybridized carbons (Fsp3) is 1.00. The molecule has 0 aliphatic rings. The van der Waals surface area contributed by atoms with Crippen molar-refractivity contribution in [3.63, 3.8) is 0 Å². The van der Waals surface area contributed by atoms with Crippen LogP contribution in [0.1, 0.15) is 33.6 Å². The van der Waals surface area contributed by atoms with Gasteiger partial charge in [-0.3, -0.25) is 0 Å². The highest BCUT2D eigenvalue weighted by molar-refractivity contribution is 4.27. The lowest BCUT2D eigenvalue weighted by Crippen LogP contribution is -1.94. The maximum Gasteiger partial charge on any atom is 0.0515 e. The van der Waals surface area contributed by atoms with Gasteiger partial charge in [-0.15, -0.1) is 0 Å². The van der Waals surface area contributed by atoms with Crippen LogP contribution in [0.5, 0.6) is 0 Å². The second-order valence-corrected chi connectivity index (χ2v) is 2.63. The van der Waals surface area contributed by atoms with Gasteiger partial charge in [-0.1, -0.05) is 13.3 Å². The number of rotatable bonds is 4. The summed E-state index contributed by atoms with van der Waals surface area (Å²) in [6, 6.07) is 0. The third kappa shape index (κ3) is 25.7. The first kappa shape index (κ1) is 13.5. The minimum absolute atomic E-state index is 0.384. The van der Waals surface area contributed by atoms with Gasteiger partial charge in [0.2, 0.25) is 0 Å². The Morgan fingerprint density at radius 3 is 1.73 bits per heavy atom. The van der Waals surface area contributed by atoms with Crippen molar-refractivity contribution in [3.8, 4) is 0 Å². The quantitative estimate of drug-likeness (QED) is 0.591. The Labute approximate surface area is 70.9 Å². The molecule has 2 heteroatoms. The summed E-state index contributed by atoms with van der Waals surface area (Å²) in [5.41, 5.74) is 0. The Bertz CT molecular complexity index is 49.5. The van der Waals surface area contributed by atoms with E-state index in [1.165, 1.54) is 12.8 Å². The average Bonchev–Trinajstić information content (AvgIpc) is 2.02. The lowest BCUT2D eigenvalue weighted by molar-refractivity contribution is 0.134. The van der Waals surface area contributed by atoms with Gasteiger partial charge in [0.05, 0.1) is 6.10 Å². The van der Waals surface area contributed by atoms with Crippen molar-refractivity contribution in [1.29, 1.82) is 0 Å². The van der Waals surface area contributed by atoms with Crippen LogP contribution in [0.3, 0.4) is 0 Å². The molecule has 70 valence electrons. The van der Waals surface area contributed by atoms with E-state index in [1.54, 1.807) is 14.2 Å². The van der Waals surface area contributed by atoms with Gasteiger partial charge in [0, 0.05) is 20.8 Å². The Morgan fingerprint density at radius 2 is 1.64 bits per heavy atom. The zero-order chi connectivity index (χ0) is 9.11. The molecule has 0 amide bonds. The SMILES string of the molecule is CCCCOC.COC(C)C. The van der Waals surface area contributed by atoms with Crippen LogP contribution < -0.4 is 0 Å². The van der Waals surface area contributed by atoms with E-state index < -0.39 is 0 Å². The number of hydrogen-bond donors (Lipinski definition) is 0. The summed E-state index contributed by atoms with van der Waals surface area (Å²) in [6.45, 7) is 7.06. The first-order valence-electron chi connectivity index (χ1n) is 4.20. The molecule has 0 unspecified atom stereocenters. The van der Waals surface area contributed by atoms with E-state index in [0.717, 1.165) is 6.61 Å². The molecule has 2 nitrogen and oxygen atoms in total. The van der Waals surface area contributed by atoms with Crippen molar-refractivity contribution < 1.29 is 9.47 Å². The largest absolute Gasteiger partial charge is 0.385 e. The summed E-state index contributed by atoms with van der Waals surface area (Å²) in [7, 11) is 3.43. The van der Waals surface area contributed by atoms with Crippen LogP contribution in [0.25, 0.3) is 0 Å². The van der Waals surface area contributed by atoms with Crippen molar-refractivity contribution >= 4 is 0 Å². The summed E-state index contributed by atoms with van der Waals surface area (Å²) in [5, 5.41) is 0. The fourth-order valence-corrected chi connectivity index (χ4v) is 0.289. The van der Waals surface area contributed by atoms with E-state index in [-0.39, 0.29) is 0 Å². The fourth-order valence-electron chi connectivity index (χ4n) is 0.289. The molecule has 0 aromatic heterocycles. The molecule has 11 heavy (non-hydrogen) atoms. The Morgan fingerprint density at radius 1 is 1.18 bits per heavy atom. The van der Waals surface area contributed by atoms with Crippen LogP contribution in [0.4, 0.5) is 0 Å². The van der Waals surface area contributed by atoms with Crippen molar-refractivity contribution in [2.45, 2.75) is 39.7 Å². The molecule has 0 spiro atoms. The first-order valence-corrected chi connectivity index (χ1v) is 4.20. The minimum atomic E-state index is 0.384. The zero-order valence-electron chi connectivity index (χ0n) is 8.52. The predicted octanol–water partition coefficient (Wildman–Crippen LogP) is 2.47. The summed E-state index contributed by atoms with van der Waals surface area (Å²) in [5.74, 6) is 0. The van der Waals surface area contributed by atoms with E-state index in [9.17, 15) is 0 Å². The van der Waals surface area contributed by atoms with Crippen LogP contribution in [0.15, 0.2) is 0 Å². The molecule has 0 aliphatic carbocycles. The summed E-state index contributed by atoms with van der Waals surface area (Å²) in [4.78, 5) is 0. The Hall–Kier alpha value is -0.0800. The van der Waals surface area contributed by atoms with Crippen LogP contribution in [-0.2, 0) is 9.47 Å². The third-order valence-electron chi connectivity index (χ3n) is 1.17. The lowest BCUT2D eigenvalue weighted by Gasteiger charge is -1.94. The number of unbranched alkanes of at least 4 members (excludes halogenated alkanes) is 1. The molecule has 0 N–H and O–H groups in total. The molecule has 0 aromatic rings. The van der Waals surface area contributed by atoms with E-state index >= 15 is 0 Å². The molecule has 0 fully saturated rings. The standard InChI is InChI=1S/C5H12O.C4H10O/c1-3-4-5-6-2;1-4(2)5-3/h3-5H2,1-2H3;4H,1-3H3. The third-order valence-corrected chi connectivity index (χ3v) is 1.17. The van der Waals surface area contributed by atoms with Gasteiger partial charge in [0.15, 0.2) is 0 Å². The highest BCUT2D eigenvalue weighted by Crippen LogP contribution is 1.83. The highest BCUT2D eigenvalue weighted by Gasteiger charge is 1.78. The molecule has 0 rings (SSSR count). The van der Waals surface area contributed by atoms with Crippen molar-refractivity contribution in [2.24, 2.45) is 0 Å². The zero-order valence-corrected chi connectivity index (χ0v) is 8.52. The van der Waals surface area contributed by atoms with Gasteiger partial charge in [-0.25, -0.2) is 0 Å². The Balaban J connectivity index is 0. The van der Waals surface area contributed by atoms with Gasteiger partial charge >= 0.3 is 0 Å². The topological polar surface area (TPSA) is 18.5 Å². The molecule has 0 bridgehead atoms. The average molecular weight is 162 g/mol. The minimum Gasteiger partial charge on any atom is -0.385 e. The van der Waals surface area contributed by atoms with Crippen molar-refractivity contribution in [1.82, 2.24) is 0 Å². The number of methoxy groups -OCH3 is 2. The van der Waals surface area contributed by atoms with Gasteiger partial charge in [0.25, 0.3) is 0 Å². The number of hydrogen-bond acceptors (Lipinski definition) is 2. The molecule has 0 atom stereocenters. The van der Waals surface area contributed by atoms with Gasteiger partial charge in [-0.05, 0) is 20.3 Å². The van der Waals surface area contributed by atoms with Crippen LogP contribution in [0.2, 0.25) is 0 Å². The molecule has 0 heterocycles. The lowest BCUT2D eigenvalue weighted by atomic mass is 10.4. The smallest absolute Gasteiger partial charge is 0.0515 e. The Kier molecular flexibility index (Phi) is 15.4. The summed E-state index contributed by atoms with van der Waals surface area (Å²) >= 11 is 0. The normalized spacial score (nSPS) is 9.27. The van der Waals surface area contributed by atoms with E-state index in [4.69, 9.17) is 9.47 Å². The molecular weight excluding hydrogens is 140 g/mol. The van der Waals surface area contributed by atoms with Crippen LogP contribution >= 0.6 is 0 Å². The first-order chi connectivity index (χ1) is 5.18. The van der Waals surface area contributed by atoms with Crippen molar-refractivity contribution in [2.75, 3.05) is 20.8 Å². The van der Waals surface area contributed by atoms with Crippen molar-refractivity contribution in [3.05, 3.63) is 0 Å². The summed E-state index contributed by atoms with van der Waals surface area (Å²) < 4.78 is 9.53. The molecule has 0 radical (unpaired) electrons. The van der Waals surface area contributed by atoms with Gasteiger partial charge < -0.3 is 9.47 Å². The van der Waals surface area contributed by atoms with E-state index in [0.29, 0.717) is 6.10 Å².